The van der Waals surface area contributed by atoms with Crippen LogP contribution in [0.5, 0.6) is 0 Å². The predicted molar refractivity (Wildman–Crippen MR) is 102 cm³/mol. The Balaban J connectivity index is 2.06. The summed E-state index contributed by atoms with van der Waals surface area (Å²) >= 11 is 0. The van der Waals surface area contributed by atoms with Crippen molar-refractivity contribution in [2.45, 2.75) is 65.1 Å². The number of ether oxygens (including phenoxy) is 2. The second-order valence-electron chi connectivity index (χ2n) is 9.51. The van der Waals surface area contributed by atoms with Crippen molar-refractivity contribution in [1.29, 1.82) is 0 Å². The molecule has 3 fully saturated rings. The lowest BCUT2D eigenvalue weighted by Gasteiger charge is -2.56. The van der Waals surface area contributed by atoms with Gasteiger partial charge in [0.2, 0.25) is 0 Å². The minimum absolute atomic E-state index is 0.116. The average Bonchev–Trinajstić information content (AvgIpc) is 3.25. The first-order valence-corrected chi connectivity index (χ1v) is 10.2. The number of fused-ring (bicyclic) bond motifs is 2. The van der Waals surface area contributed by atoms with Gasteiger partial charge in [0.15, 0.2) is 5.79 Å². The molecule has 2 aliphatic carbocycles. The second kappa shape index (κ2) is 7.09. The normalized spacial score (nSPS) is 39.7. The lowest BCUT2D eigenvalue weighted by Crippen LogP contribution is -2.59. The molecule has 0 aromatic rings. The molecule has 0 aromatic heterocycles. The average molecular weight is 379 g/mol. The summed E-state index contributed by atoms with van der Waals surface area (Å²) in [4.78, 5) is 25.3. The number of ketones is 1. The molecule has 27 heavy (non-hydrogen) atoms. The summed E-state index contributed by atoms with van der Waals surface area (Å²) in [6, 6.07) is 0. The highest BCUT2D eigenvalue weighted by molar-refractivity contribution is 5.86. The first-order chi connectivity index (χ1) is 12.7. The molecule has 0 radical (unpaired) electrons. The smallest absolute Gasteiger partial charge is 0.172 e. The van der Waals surface area contributed by atoms with E-state index in [0.29, 0.717) is 19.6 Å². The third-order valence-electron chi connectivity index (χ3n) is 8.01. The van der Waals surface area contributed by atoms with Crippen LogP contribution >= 0.6 is 0 Å². The number of carbonyl (C=O) groups excluding carboxylic acids is 2. The molecule has 3 rings (SSSR count). The molecule has 1 spiro atoms. The Hall–Kier alpha value is -1.04. The van der Waals surface area contributed by atoms with E-state index in [-0.39, 0.29) is 36.1 Å². The maximum Gasteiger partial charge on any atom is 0.172 e. The highest BCUT2D eigenvalue weighted by Crippen LogP contribution is 2.68. The van der Waals surface area contributed by atoms with E-state index in [1.807, 2.05) is 13.8 Å². The summed E-state index contributed by atoms with van der Waals surface area (Å²) in [6.07, 6.45) is 6.78. The summed E-state index contributed by atoms with van der Waals surface area (Å²) in [5, 5.41) is 9.79. The molecule has 1 N–H and O–H groups in total. The van der Waals surface area contributed by atoms with E-state index in [9.17, 15) is 14.7 Å². The van der Waals surface area contributed by atoms with Crippen molar-refractivity contribution >= 4 is 12.1 Å². The Morgan fingerprint density at radius 2 is 1.96 bits per heavy atom. The molecule has 0 amide bonds. The summed E-state index contributed by atoms with van der Waals surface area (Å²) in [5.41, 5.74) is -1.55. The Kier molecular flexibility index (Phi) is 5.43. The van der Waals surface area contributed by atoms with Gasteiger partial charge < -0.3 is 19.4 Å². The summed E-state index contributed by atoms with van der Waals surface area (Å²) in [6.45, 7) is 10.8. The standard InChI is InChI=1S/C22H34O5/c1-5-19(3,15-24)14-17(25)20(4)16(2)6-7-21(10-11-23)8-9-22(18(20)21)26-12-13-27-22/h5,11,16,18,24H,1,6-10,12-15H2,2-4H3/t16-,18?,19+,20+,21?/m1/s1. The quantitative estimate of drug-likeness (QED) is 0.544. The SMILES string of the molecule is C=C[C@](C)(CO)CC(=O)[C@@]1(C)C2C(CC=O)(CC[C@H]1C)CCC21OCCO1. The van der Waals surface area contributed by atoms with Gasteiger partial charge in [-0.1, -0.05) is 26.8 Å². The summed E-state index contributed by atoms with van der Waals surface area (Å²) < 4.78 is 12.3. The van der Waals surface area contributed by atoms with Crippen molar-refractivity contribution in [2.24, 2.45) is 28.1 Å². The summed E-state index contributed by atoms with van der Waals surface area (Å²) in [5.74, 6) is -0.627. The zero-order valence-corrected chi connectivity index (χ0v) is 17.0. The fourth-order valence-corrected chi connectivity index (χ4v) is 6.08. The number of hydrogen-bond acceptors (Lipinski definition) is 5. The molecule has 1 saturated heterocycles. The molecule has 2 saturated carbocycles. The lowest BCUT2D eigenvalue weighted by molar-refractivity contribution is -0.239. The third kappa shape index (κ3) is 3.02. The molecule has 152 valence electrons. The van der Waals surface area contributed by atoms with Crippen LogP contribution in [0.25, 0.3) is 0 Å². The number of aldehydes is 1. The van der Waals surface area contributed by atoms with E-state index in [1.54, 1.807) is 6.08 Å². The van der Waals surface area contributed by atoms with E-state index in [0.717, 1.165) is 32.0 Å². The van der Waals surface area contributed by atoms with Crippen LogP contribution in [-0.4, -0.2) is 42.8 Å². The van der Waals surface area contributed by atoms with E-state index >= 15 is 0 Å². The molecule has 5 atom stereocenters. The minimum atomic E-state index is -0.758. The van der Waals surface area contributed by atoms with Gasteiger partial charge in [-0.15, -0.1) is 6.58 Å². The number of carbonyl (C=O) groups is 2. The van der Waals surface area contributed by atoms with E-state index in [2.05, 4.69) is 13.5 Å². The molecule has 2 unspecified atom stereocenters. The zero-order valence-electron chi connectivity index (χ0n) is 17.0. The first-order valence-electron chi connectivity index (χ1n) is 10.2. The number of Topliss-reactive ketones (excluding diaryl/α,β-unsaturated/α-hetero) is 1. The molecular formula is C22H34O5. The van der Waals surface area contributed by atoms with Crippen molar-refractivity contribution in [3.05, 3.63) is 12.7 Å². The fraction of sp³-hybridized carbons (Fsp3) is 0.818. The van der Waals surface area contributed by atoms with Crippen LogP contribution in [0.4, 0.5) is 0 Å². The van der Waals surface area contributed by atoms with Crippen molar-refractivity contribution in [3.8, 4) is 0 Å². The summed E-state index contributed by atoms with van der Waals surface area (Å²) in [7, 11) is 0. The van der Waals surface area contributed by atoms with Crippen LogP contribution in [0.1, 0.15) is 59.3 Å². The van der Waals surface area contributed by atoms with Gasteiger partial charge in [-0.3, -0.25) is 4.79 Å². The Morgan fingerprint density at radius 3 is 2.52 bits per heavy atom. The molecule has 3 aliphatic rings. The van der Waals surface area contributed by atoms with Crippen LogP contribution < -0.4 is 0 Å². The van der Waals surface area contributed by atoms with Crippen LogP contribution in [0, 0.1) is 28.1 Å². The largest absolute Gasteiger partial charge is 0.395 e. The van der Waals surface area contributed by atoms with Gasteiger partial charge in [0, 0.05) is 36.0 Å². The number of rotatable bonds is 7. The lowest BCUT2D eigenvalue weighted by atomic mass is 9.49. The minimum Gasteiger partial charge on any atom is -0.395 e. The van der Waals surface area contributed by atoms with Crippen molar-refractivity contribution in [2.75, 3.05) is 19.8 Å². The molecule has 5 heteroatoms. The zero-order chi connectivity index (χ0) is 19.9. The second-order valence-corrected chi connectivity index (χ2v) is 9.51. The maximum absolute atomic E-state index is 13.7. The Morgan fingerprint density at radius 1 is 1.30 bits per heavy atom. The predicted octanol–water partition coefficient (Wildman–Crippen LogP) is 3.29. The highest BCUT2D eigenvalue weighted by Gasteiger charge is 2.70. The van der Waals surface area contributed by atoms with Crippen molar-refractivity contribution in [3.63, 3.8) is 0 Å². The molecule has 0 bridgehead atoms. The monoisotopic (exact) mass is 378 g/mol. The van der Waals surface area contributed by atoms with Crippen LogP contribution in [0.3, 0.4) is 0 Å². The van der Waals surface area contributed by atoms with Crippen molar-refractivity contribution in [1.82, 2.24) is 0 Å². The topological polar surface area (TPSA) is 72.8 Å². The molecule has 1 aliphatic heterocycles. The molecule has 5 nitrogen and oxygen atoms in total. The molecular weight excluding hydrogens is 344 g/mol. The third-order valence-corrected chi connectivity index (χ3v) is 8.01. The van der Waals surface area contributed by atoms with Crippen LogP contribution in [0.2, 0.25) is 0 Å². The number of aliphatic hydroxyl groups is 1. The van der Waals surface area contributed by atoms with Gasteiger partial charge in [-0.25, -0.2) is 0 Å². The number of hydrogen-bond donors (Lipinski definition) is 1. The maximum atomic E-state index is 13.7. The van der Waals surface area contributed by atoms with Gasteiger partial charge in [0.1, 0.15) is 12.1 Å². The fourth-order valence-electron chi connectivity index (χ4n) is 6.08. The van der Waals surface area contributed by atoms with Gasteiger partial charge in [-0.05, 0) is 30.6 Å². The van der Waals surface area contributed by atoms with E-state index in [4.69, 9.17) is 9.47 Å². The van der Waals surface area contributed by atoms with Gasteiger partial charge in [0.05, 0.1) is 19.8 Å². The van der Waals surface area contributed by atoms with Crippen molar-refractivity contribution < 1.29 is 24.2 Å². The van der Waals surface area contributed by atoms with E-state index < -0.39 is 16.6 Å². The Bertz CT molecular complexity index is 610. The number of aliphatic hydroxyl groups excluding tert-OH is 1. The van der Waals surface area contributed by atoms with Crippen LogP contribution in [-0.2, 0) is 19.1 Å². The van der Waals surface area contributed by atoms with E-state index in [1.165, 1.54) is 0 Å². The van der Waals surface area contributed by atoms with Gasteiger partial charge >= 0.3 is 0 Å². The van der Waals surface area contributed by atoms with Crippen LogP contribution in [0.15, 0.2) is 12.7 Å². The molecule has 0 aromatic carbocycles. The molecule has 1 heterocycles. The van der Waals surface area contributed by atoms with Gasteiger partial charge in [0.25, 0.3) is 0 Å². The highest BCUT2D eigenvalue weighted by atomic mass is 16.7. The first kappa shape index (κ1) is 20.7. The Labute approximate surface area is 162 Å². The van der Waals surface area contributed by atoms with Gasteiger partial charge in [-0.2, -0.15) is 0 Å².